The van der Waals surface area contributed by atoms with Gasteiger partial charge >= 0.3 is 5.69 Å². The van der Waals surface area contributed by atoms with Crippen LogP contribution in [-0.2, 0) is 0 Å². The van der Waals surface area contributed by atoms with E-state index in [0.29, 0.717) is 5.16 Å². The van der Waals surface area contributed by atoms with Crippen LogP contribution in [0.25, 0.3) is 0 Å². The Balaban J connectivity index is 2.42. The Morgan fingerprint density at radius 1 is 1.21 bits per heavy atom. The maximum Gasteiger partial charge on any atom is 0.301 e. The summed E-state index contributed by atoms with van der Waals surface area (Å²) in [5, 5.41) is 11.7. The average Bonchev–Trinajstić information content (AvgIpc) is 2.26. The van der Waals surface area contributed by atoms with Gasteiger partial charge in [-0.1, -0.05) is 11.6 Å². The summed E-state index contributed by atoms with van der Waals surface area (Å²) in [6.07, 6.45) is 0. The summed E-state index contributed by atoms with van der Waals surface area (Å²) >= 11 is 6.79. The summed E-state index contributed by atoms with van der Waals surface area (Å²) in [4.78, 5) is 22.8. The highest BCUT2D eigenvalue weighted by Crippen LogP contribution is 2.32. The molecule has 0 saturated heterocycles. The third-order valence-corrected chi connectivity index (χ3v) is 3.22. The second kappa shape index (κ2) is 5.50. The molecule has 0 fully saturated rings. The van der Waals surface area contributed by atoms with E-state index < -0.39 is 4.92 Å². The van der Waals surface area contributed by atoms with Gasteiger partial charge < -0.3 is 0 Å². The second-order valence-electron chi connectivity index (χ2n) is 3.75. The summed E-state index contributed by atoms with van der Waals surface area (Å²) in [5.41, 5.74) is 1.47. The van der Waals surface area contributed by atoms with Crippen molar-refractivity contribution in [2.45, 2.75) is 24.0 Å². The molecule has 0 radical (unpaired) electrons. The van der Waals surface area contributed by atoms with Gasteiger partial charge in [0.1, 0.15) is 5.15 Å². The molecule has 98 valence electrons. The van der Waals surface area contributed by atoms with Crippen LogP contribution in [0.3, 0.4) is 0 Å². The normalized spacial score (nSPS) is 10.5. The molecule has 0 aliphatic heterocycles. The molecule has 0 atom stereocenters. The van der Waals surface area contributed by atoms with Gasteiger partial charge in [-0.25, -0.2) is 15.0 Å². The van der Waals surface area contributed by atoms with Crippen molar-refractivity contribution in [3.8, 4) is 0 Å². The molecule has 0 amide bonds. The molecule has 0 aromatic carbocycles. The van der Waals surface area contributed by atoms with Crippen LogP contribution < -0.4 is 0 Å². The van der Waals surface area contributed by atoms with Crippen molar-refractivity contribution in [2.75, 3.05) is 0 Å². The number of nitrogens with zero attached hydrogens (tertiary/aromatic N) is 4. The Morgan fingerprint density at radius 3 is 2.42 bits per heavy atom. The minimum absolute atomic E-state index is 0.114. The van der Waals surface area contributed by atoms with Crippen molar-refractivity contribution in [3.05, 3.63) is 44.9 Å². The highest BCUT2D eigenvalue weighted by atomic mass is 35.5. The first-order valence-electron chi connectivity index (χ1n) is 5.27. The number of hydrogen-bond acceptors (Lipinski definition) is 6. The van der Waals surface area contributed by atoms with E-state index in [0.717, 1.165) is 23.1 Å². The zero-order chi connectivity index (χ0) is 14.0. The third kappa shape index (κ3) is 3.39. The predicted molar refractivity (Wildman–Crippen MR) is 71.5 cm³/mol. The summed E-state index contributed by atoms with van der Waals surface area (Å²) < 4.78 is 0. The van der Waals surface area contributed by atoms with E-state index >= 15 is 0 Å². The molecule has 0 aliphatic carbocycles. The van der Waals surface area contributed by atoms with Gasteiger partial charge in [-0.15, -0.1) is 0 Å². The summed E-state index contributed by atoms with van der Waals surface area (Å²) in [6.45, 7) is 3.66. The van der Waals surface area contributed by atoms with Gasteiger partial charge in [-0.3, -0.25) is 10.1 Å². The lowest BCUT2D eigenvalue weighted by molar-refractivity contribution is -0.388. The fourth-order valence-electron chi connectivity index (χ4n) is 1.45. The van der Waals surface area contributed by atoms with Gasteiger partial charge in [0.2, 0.25) is 0 Å². The van der Waals surface area contributed by atoms with E-state index in [1.807, 2.05) is 19.9 Å². The van der Waals surface area contributed by atoms with Gasteiger partial charge in [0, 0.05) is 17.5 Å². The van der Waals surface area contributed by atoms with E-state index in [1.165, 1.54) is 12.1 Å². The van der Waals surface area contributed by atoms with E-state index in [9.17, 15) is 10.1 Å². The molecule has 0 aliphatic rings. The molecule has 8 heteroatoms. The Kier molecular flexibility index (Phi) is 3.96. The molecule has 2 heterocycles. The zero-order valence-electron chi connectivity index (χ0n) is 10.1. The molecule has 0 bridgehead atoms. The van der Waals surface area contributed by atoms with E-state index in [4.69, 9.17) is 11.6 Å². The van der Waals surface area contributed by atoms with Crippen molar-refractivity contribution < 1.29 is 4.92 Å². The number of rotatable bonds is 3. The first-order chi connectivity index (χ1) is 8.95. The molecule has 0 saturated carbocycles. The fourth-order valence-corrected chi connectivity index (χ4v) is 2.59. The van der Waals surface area contributed by atoms with Crippen LogP contribution in [-0.4, -0.2) is 19.9 Å². The lowest BCUT2D eigenvalue weighted by Gasteiger charge is -2.03. The molecule has 19 heavy (non-hydrogen) atoms. The smallest absolute Gasteiger partial charge is 0.258 e. The van der Waals surface area contributed by atoms with Crippen LogP contribution in [0.1, 0.15) is 11.4 Å². The van der Waals surface area contributed by atoms with Crippen molar-refractivity contribution in [2.24, 2.45) is 0 Å². The molecule has 2 rings (SSSR count). The number of nitro groups is 1. The largest absolute Gasteiger partial charge is 0.301 e. The highest BCUT2D eigenvalue weighted by Gasteiger charge is 2.18. The minimum Gasteiger partial charge on any atom is -0.258 e. The molecule has 0 unspecified atom stereocenters. The third-order valence-electron chi connectivity index (χ3n) is 2.15. The van der Waals surface area contributed by atoms with Crippen LogP contribution in [0.2, 0.25) is 5.15 Å². The summed E-state index contributed by atoms with van der Waals surface area (Å²) in [6, 6.07) is 4.52. The van der Waals surface area contributed by atoms with Gasteiger partial charge in [0.15, 0.2) is 10.2 Å². The predicted octanol–water partition coefficient (Wildman–Crippen LogP) is 3.20. The Hall–Kier alpha value is -1.73. The van der Waals surface area contributed by atoms with Gasteiger partial charge in [0.05, 0.1) is 4.92 Å². The van der Waals surface area contributed by atoms with Crippen LogP contribution >= 0.6 is 23.4 Å². The first-order valence-corrected chi connectivity index (χ1v) is 6.46. The zero-order valence-corrected chi connectivity index (χ0v) is 11.7. The molecule has 2 aromatic rings. The molecule has 2 aromatic heterocycles. The van der Waals surface area contributed by atoms with Crippen LogP contribution in [0, 0.1) is 24.0 Å². The van der Waals surface area contributed by atoms with Crippen molar-refractivity contribution in [1.29, 1.82) is 0 Å². The van der Waals surface area contributed by atoms with Crippen LogP contribution in [0.4, 0.5) is 5.69 Å². The number of hydrogen-bond donors (Lipinski definition) is 0. The highest BCUT2D eigenvalue weighted by molar-refractivity contribution is 7.99. The standard InChI is InChI=1S/C11H9ClN4O2S/c1-6-5-7(2)14-11(13-6)19-10-8(16(17)18)3-4-9(12)15-10/h3-5H,1-2H3. The monoisotopic (exact) mass is 296 g/mol. The quantitative estimate of drug-likeness (QED) is 0.374. The lowest BCUT2D eigenvalue weighted by Crippen LogP contribution is -1.96. The van der Waals surface area contributed by atoms with Crippen LogP contribution in [0.5, 0.6) is 0 Å². The molecule has 0 spiro atoms. The van der Waals surface area contributed by atoms with E-state index in [2.05, 4.69) is 15.0 Å². The van der Waals surface area contributed by atoms with Crippen molar-refractivity contribution in [3.63, 3.8) is 0 Å². The summed E-state index contributed by atoms with van der Waals surface area (Å²) in [7, 11) is 0. The SMILES string of the molecule is Cc1cc(C)nc(Sc2nc(Cl)ccc2[N+](=O)[O-])n1. The topological polar surface area (TPSA) is 81.8 Å². The minimum atomic E-state index is -0.506. The maximum atomic E-state index is 10.9. The molecular formula is C11H9ClN4O2S. The number of pyridine rings is 1. The summed E-state index contributed by atoms with van der Waals surface area (Å²) in [5.74, 6) is 0. The van der Waals surface area contributed by atoms with Gasteiger partial charge in [-0.05, 0) is 37.7 Å². The second-order valence-corrected chi connectivity index (χ2v) is 5.09. The molecule has 6 nitrogen and oxygen atoms in total. The van der Waals surface area contributed by atoms with Crippen LogP contribution in [0.15, 0.2) is 28.4 Å². The van der Waals surface area contributed by atoms with Gasteiger partial charge in [-0.2, -0.15) is 0 Å². The van der Waals surface area contributed by atoms with Gasteiger partial charge in [0.25, 0.3) is 0 Å². The molecular weight excluding hydrogens is 288 g/mol. The number of aryl methyl sites for hydroxylation is 2. The maximum absolute atomic E-state index is 10.9. The Morgan fingerprint density at radius 2 is 1.84 bits per heavy atom. The Labute approximate surface area is 118 Å². The molecule has 0 N–H and O–H groups in total. The van der Waals surface area contributed by atoms with E-state index in [-0.39, 0.29) is 15.9 Å². The average molecular weight is 297 g/mol. The lowest BCUT2D eigenvalue weighted by atomic mass is 10.4. The first kappa shape index (κ1) is 13.7. The number of halogens is 1. The number of aromatic nitrogens is 3. The van der Waals surface area contributed by atoms with Crippen molar-refractivity contribution in [1.82, 2.24) is 15.0 Å². The Bertz CT molecular complexity index is 630. The van der Waals surface area contributed by atoms with E-state index in [1.54, 1.807) is 0 Å². The van der Waals surface area contributed by atoms with Crippen molar-refractivity contribution >= 4 is 29.1 Å². The fraction of sp³-hybridized carbons (Fsp3) is 0.182.